The molecule has 27 heavy (non-hydrogen) atoms. The summed E-state index contributed by atoms with van der Waals surface area (Å²) in [7, 11) is 1.73. The van der Waals surface area contributed by atoms with Crippen molar-refractivity contribution in [2.45, 2.75) is 25.8 Å². The lowest BCUT2D eigenvalue weighted by Crippen LogP contribution is -2.27. The average molecular weight is 385 g/mol. The van der Waals surface area contributed by atoms with Gasteiger partial charge in [0.25, 0.3) is 0 Å². The average Bonchev–Trinajstić information content (AvgIpc) is 3.04. The number of aryl methyl sites for hydroxylation is 1. The van der Waals surface area contributed by atoms with Crippen LogP contribution in [0.15, 0.2) is 59.1 Å². The molecule has 5 nitrogen and oxygen atoms in total. The molecule has 1 N–H and O–H groups in total. The van der Waals surface area contributed by atoms with E-state index in [1.807, 2.05) is 37.3 Å². The van der Waals surface area contributed by atoms with Crippen LogP contribution in [-0.2, 0) is 11.3 Å². The fourth-order valence-electron chi connectivity index (χ4n) is 3.04. The highest BCUT2D eigenvalue weighted by molar-refractivity contribution is 6.30. The normalized spacial score (nSPS) is 12.0. The molecule has 6 heteroatoms. The third-order valence-electron chi connectivity index (χ3n) is 4.40. The van der Waals surface area contributed by atoms with Gasteiger partial charge >= 0.3 is 0 Å². The van der Waals surface area contributed by atoms with Crippen molar-refractivity contribution in [2.24, 2.45) is 0 Å². The van der Waals surface area contributed by atoms with E-state index in [-0.39, 0.29) is 24.0 Å². The van der Waals surface area contributed by atoms with Gasteiger partial charge in [-0.25, -0.2) is 0 Å². The second-order valence-corrected chi connectivity index (χ2v) is 7.03. The first-order valence-corrected chi connectivity index (χ1v) is 9.00. The molecule has 0 bridgehead atoms. The van der Waals surface area contributed by atoms with Crippen molar-refractivity contribution < 1.29 is 14.4 Å². The van der Waals surface area contributed by atoms with E-state index in [1.165, 1.54) is 0 Å². The SMILES string of the molecule is Cc1cc(CN(C)C(=O)C[C@H](c2cccc(O)c2)c2cccc(Cl)c2)on1. The molecule has 1 amide bonds. The van der Waals surface area contributed by atoms with Gasteiger partial charge in [0.05, 0.1) is 12.2 Å². The second-order valence-electron chi connectivity index (χ2n) is 6.59. The predicted octanol–water partition coefficient (Wildman–Crippen LogP) is 4.52. The fraction of sp³-hybridized carbons (Fsp3) is 0.238. The number of benzene rings is 2. The maximum Gasteiger partial charge on any atom is 0.223 e. The molecule has 0 saturated carbocycles. The smallest absolute Gasteiger partial charge is 0.223 e. The van der Waals surface area contributed by atoms with Gasteiger partial charge < -0.3 is 14.5 Å². The zero-order chi connectivity index (χ0) is 19.4. The molecule has 0 aliphatic carbocycles. The van der Waals surface area contributed by atoms with E-state index in [2.05, 4.69) is 5.16 Å². The van der Waals surface area contributed by atoms with Gasteiger partial charge in [-0.1, -0.05) is 41.0 Å². The number of amides is 1. The van der Waals surface area contributed by atoms with Crippen LogP contribution in [0, 0.1) is 6.92 Å². The van der Waals surface area contributed by atoms with Crippen LogP contribution in [0.25, 0.3) is 0 Å². The van der Waals surface area contributed by atoms with Gasteiger partial charge in [-0.3, -0.25) is 4.79 Å². The molecule has 0 radical (unpaired) electrons. The molecule has 0 fully saturated rings. The molecule has 140 valence electrons. The van der Waals surface area contributed by atoms with E-state index in [0.29, 0.717) is 17.3 Å². The molecule has 2 aromatic carbocycles. The number of hydrogen-bond donors (Lipinski definition) is 1. The lowest BCUT2D eigenvalue weighted by atomic mass is 9.88. The topological polar surface area (TPSA) is 66.6 Å². The predicted molar refractivity (Wildman–Crippen MR) is 104 cm³/mol. The first kappa shape index (κ1) is 19.0. The molecular formula is C21H21ClN2O3. The summed E-state index contributed by atoms with van der Waals surface area (Å²) in [5, 5.41) is 14.3. The summed E-state index contributed by atoms with van der Waals surface area (Å²) in [6, 6.07) is 16.2. The Morgan fingerprint density at radius 2 is 1.89 bits per heavy atom. The summed E-state index contributed by atoms with van der Waals surface area (Å²) in [5.41, 5.74) is 2.56. The number of rotatable bonds is 6. The quantitative estimate of drug-likeness (QED) is 0.678. The van der Waals surface area contributed by atoms with Crippen molar-refractivity contribution >= 4 is 17.5 Å². The van der Waals surface area contributed by atoms with E-state index < -0.39 is 0 Å². The second kappa shape index (κ2) is 8.27. The van der Waals surface area contributed by atoms with Crippen LogP contribution in [0.4, 0.5) is 0 Å². The molecule has 0 spiro atoms. The third kappa shape index (κ3) is 4.89. The zero-order valence-corrected chi connectivity index (χ0v) is 16.0. The first-order valence-electron chi connectivity index (χ1n) is 8.63. The third-order valence-corrected chi connectivity index (χ3v) is 4.63. The van der Waals surface area contributed by atoms with E-state index >= 15 is 0 Å². The largest absolute Gasteiger partial charge is 0.508 e. The van der Waals surface area contributed by atoms with Gasteiger partial charge in [-0.15, -0.1) is 0 Å². The molecule has 0 saturated heterocycles. The van der Waals surface area contributed by atoms with Crippen molar-refractivity contribution in [3.63, 3.8) is 0 Å². The number of aromatic nitrogens is 1. The van der Waals surface area contributed by atoms with Crippen molar-refractivity contribution in [3.05, 3.63) is 82.2 Å². The van der Waals surface area contributed by atoms with Crippen molar-refractivity contribution in [1.29, 1.82) is 0 Å². The number of carbonyl (C=O) groups is 1. The van der Waals surface area contributed by atoms with Gasteiger partial charge in [0.2, 0.25) is 5.91 Å². The van der Waals surface area contributed by atoms with E-state index in [9.17, 15) is 9.90 Å². The van der Waals surface area contributed by atoms with Crippen LogP contribution in [0.2, 0.25) is 5.02 Å². The number of phenolic OH excluding ortho intramolecular Hbond substituents is 1. The van der Waals surface area contributed by atoms with Crippen molar-refractivity contribution in [3.8, 4) is 5.75 Å². The maximum atomic E-state index is 12.8. The molecule has 0 aliphatic rings. The summed E-state index contributed by atoms with van der Waals surface area (Å²) in [5.74, 6) is 0.539. The molecule has 0 unspecified atom stereocenters. The monoisotopic (exact) mass is 384 g/mol. The lowest BCUT2D eigenvalue weighted by molar-refractivity contribution is -0.130. The van der Waals surface area contributed by atoms with Gasteiger partial charge in [-0.05, 0) is 42.3 Å². The highest BCUT2D eigenvalue weighted by Crippen LogP contribution is 2.32. The van der Waals surface area contributed by atoms with E-state index in [4.69, 9.17) is 16.1 Å². The number of carbonyl (C=O) groups excluding carboxylic acids is 1. The Hall–Kier alpha value is -2.79. The Bertz CT molecular complexity index is 893. The molecule has 3 rings (SSSR count). The number of phenols is 1. The van der Waals surface area contributed by atoms with Gasteiger partial charge in [-0.2, -0.15) is 0 Å². The van der Waals surface area contributed by atoms with Crippen LogP contribution in [0.5, 0.6) is 5.75 Å². The van der Waals surface area contributed by atoms with Crippen LogP contribution in [-0.4, -0.2) is 28.1 Å². The highest BCUT2D eigenvalue weighted by atomic mass is 35.5. The molecule has 1 heterocycles. The summed E-state index contributed by atoms with van der Waals surface area (Å²) < 4.78 is 5.20. The van der Waals surface area contributed by atoms with Gasteiger partial charge in [0, 0.05) is 30.5 Å². The fourth-order valence-corrected chi connectivity index (χ4v) is 3.23. The zero-order valence-electron chi connectivity index (χ0n) is 15.2. The van der Waals surface area contributed by atoms with Crippen LogP contribution in [0.3, 0.4) is 0 Å². The first-order chi connectivity index (χ1) is 12.9. The minimum atomic E-state index is -0.220. The van der Waals surface area contributed by atoms with Gasteiger partial charge in [0.15, 0.2) is 5.76 Å². The number of halogens is 1. The minimum absolute atomic E-state index is 0.0441. The van der Waals surface area contributed by atoms with E-state index in [1.54, 1.807) is 36.2 Å². The van der Waals surface area contributed by atoms with Crippen LogP contribution in [0.1, 0.15) is 34.9 Å². The van der Waals surface area contributed by atoms with Crippen molar-refractivity contribution in [1.82, 2.24) is 10.1 Å². The summed E-state index contributed by atoms with van der Waals surface area (Å²) in [6.07, 6.45) is 0.243. The standard InChI is InChI=1S/C21H21ClN2O3/c1-14-9-19(27-23-14)13-24(2)21(26)12-20(15-5-3-7-17(22)10-15)16-6-4-8-18(25)11-16/h3-11,20,25H,12-13H2,1-2H3/t20-/m0/s1. The Labute approximate surface area is 163 Å². The van der Waals surface area contributed by atoms with Crippen LogP contribution >= 0.6 is 11.6 Å². The number of hydrogen-bond acceptors (Lipinski definition) is 4. The Morgan fingerprint density at radius 1 is 1.19 bits per heavy atom. The van der Waals surface area contributed by atoms with Gasteiger partial charge in [0.1, 0.15) is 5.75 Å². The van der Waals surface area contributed by atoms with Crippen molar-refractivity contribution in [2.75, 3.05) is 7.05 Å². The minimum Gasteiger partial charge on any atom is -0.508 e. The molecule has 3 aromatic rings. The lowest BCUT2D eigenvalue weighted by Gasteiger charge is -2.22. The molecule has 1 atom stereocenters. The van der Waals surface area contributed by atoms with E-state index in [0.717, 1.165) is 16.8 Å². The molecule has 1 aromatic heterocycles. The Balaban J connectivity index is 1.83. The molecular weight excluding hydrogens is 364 g/mol. The Kier molecular flexibility index (Phi) is 5.81. The molecule has 0 aliphatic heterocycles. The number of nitrogens with zero attached hydrogens (tertiary/aromatic N) is 2. The van der Waals surface area contributed by atoms with Crippen LogP contribution < -0.4 is 0 Å². The maximum absolute atomic E-state index is 12.8. The highest BCUT2D eigenvalue weighted by Gasteiger charge is 2.22. The summed E-state index contributed by atoms with van der Waals surface area (Å²) in [6.45, 7) is 2.19. The summed E-state index contributed by atoms with van der Waals surface area (Å²) >= 11 is 6.15. The Morgan fingerprint density at radius 3 is 2.52 bits per heavy atom. The summed E-state index contributed by atoms with van der Waals surface area (Å²) in [4.78, 5) is 14.5. The number of aromatic hydroxyl groups is 1.